The third-order valence-electron chi connectivity index (χ3n) is 4.78. The number of piperidine rings is 1. The number of hydrogen-bond acceptors (Lipinski definition) is 3. The van der Waals surface area contributed by atoms with Crippen LogP contribution in [0.15, 0.2) is 48.7 Å². The molecule has 24 heavy (non-hydrogen) atoms. The van der Waals surface area contributed by atoms with E-state index >= 15 is 0 Å². The van der Waals surface area contributed by atoms with Gasteiger partial charge in [0.1, 0.15) is 5.69 Å². The summed E-state index contributed by atoms with van der Waals surface area (Å²) in [6.07, 6.45) is 4.93. The second-order valence-electron chi connectivity index (χ2n) is 6.28. The van der Waals surface area contributed by atoms with Gasteiger partial charge in [0.2, 0.25) is 0 Å². The van der Waals surface area contributed by atoms with Gasteiger partial charge in [-0.3, -0.25) is 9.48 Å². The van der Waals surface area contributed by atoms with E-state index in [9.17, 15) is 4.79 Å². The van der Waals surface area contributed by atoms with Crippen molar-refractivity contribution in [2.75, 3.05) is 6.54 Å². The third kappa shape index (κ3) is 2.56. The van der Waals surface area contributed by atoms with Gasteiger partial charge in [0.15, 0.2) is 0 Å². The normalized spacial score (nSPS) is 18.0. The lowest BCUT2D eigenvalue weighted by Crippen LogP contribution is -2.39. The number of nitrogens with zero attached hydrogens (tertiary/aromatic N) is 4. The summed E-state index contributed by atoms with van der Waals surface area (Å²) < 4.78 is 1.87. The van der Waals surface area contributed by atoms with Crippen LogP contribution in [0.1, 0.15) is 41.5 Å². The highest BCUT2D eigenvalue weighted by molar-refractivity contribution is 5.95. The molecule has 3 aromatic rings. The molecule has 0 bridgehead atoms. The van der Waals surface area contributed by atoms with Crippen LogP contribution in [0.2, 0.25) is 0 Å². The minimum atomic E-state index is 0.00616. The number of likely N-dealkylation sites (tertiary alicyclic amines) is 1. The summed E-state index contributed by atoms with van der Waals surface area (Å²) in [6.45, 7) is 0.767. The lowest BCUT2D eigenvalue weighted by atomic mass is 9.98. The Morgan fingerprint density at radius 3 is 2.83 bits per heavy atom. The molecule has 0 radical (unpaired) electrons. The van der Waals surface area contributed by atoms with Crippen LogP contribution in [0.3, 0.4) is 0 Å². The van der Waals surface area contributed by atoms with Gasteiger partial charge in [-0.15, -0.1) is 0 Å². The van der Waals surface area contributed by atoms with Crippen molar-refractivity contribution in [1.82, 2.24) is 19.7 Å². The van der Waals surface area contributed by atoms with Crippen LogP contribution in [0.4, 0.5) is 0 Å². The van der Waals surface area contributed by atoms with E-state index in [0.717, 1.165) is 42.4 Å². The standard InChI is InChI=1S/C19H20N4O/c1-22-17(11-12-20-22)18-8-4-5-13-23(18)19(24)16-10-9-14-6-2-3-7-15(14)21-16/h2-3,6-7,9-12,18H,4-5,8,13H2,1H3. The average Bonchev–Trinajstić information content (AvgIpc) is 3.06. The smallest absolute Gasteiger partial charge is 0.273 e. The minimum absolute atomic E-state index is 0.00616. The van der Waals surface area contributed by atoms with E-state index in [1.165, 1.54) is 0 Å². The van der Waals surface area contributed by atoms with Crippen molar-refractivity contribution in [3.63, 3.8) is 0 Å². The number of fused-ring (bicyclic) bond motifs is 1. The molecule has 5 heteroatoms. The molecule has 122 valence electrons. The molecule has 1 aliphatic rings. The zero-order valence-electron chi connectivity index (χ0n) is 13.7. The summed E-state index contributed by atoms with van der Waals surface area (Å²) in [4.78, 5) is 19.6. The van der Waals surface area contributed by atoms with Gasteiger partial charge < -0.3 is 4.90 Å². The Hall–Kier alpha value is -2.69. The second-order valence-corrected chi connectivity index (χ2v) is 6.28. The summed E-state index contributed by atoms with van der Waals surface area (Å²) in [5.41, 5.74) is 2.46. The van der Waals surface area contributed by atoms with Crippen molar-refractivity contribution >= 4 is 16.8 Å². The van der Waals surface area contributed by atoms with Gasteiger partial charge in [0.05, 0.1) is 17.3 Å². The zero-order chi connectivity index (χ0) is 16.5. The Kier molecular flexibility index (Phi) is 3.76. The van der Waals surface area contributed by atoms with Crippen molar-refractivity contribution in [1.29, 1.82) is 0 Å². The first kappa shape index (κ1) is 14.9. The van der Waals surface area contributed by atoms with Crippen molar-refractivity contribution in [3.8, 4) is 0 Å². The summed E-state index contributed by atoms with van der Waals surface area (Å²) in [6, 6.07) is 13.8. The van der Waals surface area contributed by atoms with E-state index in [2.05, 4.69) is 10.1 Å². The van der Waals surface area contributed by atoms with E-state index in [0.29, 0.717) is 5.69 Å². The average molecular weight is 320 g/mol. The Morgan fingerprint density at radius 1 is 1.12 bits per heavy atom. The van der Waals surface area contributed by atoms with Crippen LogP contribution in [0.5, 0.6) is 0 Å². The van der Waals surface area contributed by atoms with Gasteiger partial charge in [0, 0.05) is 25.2 Å². The van der Waals surface area contributed by atoms with E-state index in [4.69, 9.17) is 0 Å². The second kappa shape index (κ2) is 6.07. The number of carbonyl (C=O) groups is 1. The van der Waals surface area contributed by atoms with Crippen molar-refractivity contribution in [2.45, 2.75) is 25.3 Å². The van der Waals surface area contributed by atoms with E-state index < -0.39 is 0 Å². The number of pyridine rings is 1. The van der Waals surface area contributed by atoms with Crippen molar-refractivity contribution in [2.24, 2.45) is 7.05 Å². The first-order valence-electron chi connectivity index (χ1n) is 8.39. The number of amides is 1. The molecule has 1 unspecified atom stereocenters. The Labute approximate surface area is 140 Å². The Bertz CT molecular complexity index is 886. The van der Waals surface area contributed by atoms with Crippen LogP contribution in [0, 0.1) is 0 Å². The molecule has 1 amide bonds. The molecule has 0 N–H and O–H groups in total. The highest BCUT2D eigenvalue weighted by atomic mass is 16.2. The summed E-state index contributed by atoms with van der Waals surface area (Å²) in [5.74, 6) is 0.00616. The molecule has 1 saturated heterocycles. The van der Waals surface area contributed by atoms with Gasteiger partial charge in [0.25, 0.3) is 5.91 Å². The number of rotatable bonds is 2. The maximum Gasteiger partial charge on any atom is 0.273 e. The largest absolute Gasteiger partial charge is 0.329 e. The van der Waals surface area contributed by atoms with Gasteiger partial charge in [-0.05, 0) is 37.5 Å². The minimum Gasteiger partial charge on any atom is -0.329 e. The molecular weight excluding hydrogens is 300 g/mol. The predicted molar refractivity (Wildman–Crippen MR) is 92.6 cm³/mol. The predicted octanol–water partition coefficient (Wildman–Crippen LogP) is 3.34. The monoisotopic (exact) mass is 320 g/mol. The Balaban J connectivity index is 1.69. The molecule has 0 aliphatic carbocycles. The van der Waals surface area contributed by atoms with Crippen LogP contribution < -0.4 is 0 Å². The lowest BCUT2D eigenvalue weighted by Gasteiger charge is -2.35. The topological polar surface area (TPSA) is 51.0 Å². The van der Waals surface area contributed by atoms with Gasteiger partial charge >= 0.3 is 0 Å². The van der Waals surface area contributed by atoms with Gasteiger partial charge in [-0.1, -0.05) is 24.3 Å². The number of carbonyl (C=O) groups excluding carboxylic acids is 1. The Morgan fingerprint density at radius 2 is 2.00 bits per heavy atom. The fourth-order valence-electron chi connectivity index (χ4n) is 3.53. The van der Waals surface area contributed by atoms with Crippen molar-refractivity contribution < 1.29 is 4.79 Å². The maximum absolute atomic E-state index is 13.1. The molecule has 0 spiro atoms. The molecule has 4 rings (SSSR count). The van der Waals surface area contributed by atoms with E-state index in [1.54, 1.807) is 6.20 Å². The fourth-order valence-corrected chi connectivity index (χ4v) is 3.53. The third-order valence-corrected chi connectivity index (χ3v) is 4.78. The first-order chi connectivity index (χ1) is 11.7. The highest BCUT2D eigenvalue weighted by Gasteiger charge is 2.31. The number of benzene rings is 1. The quantitative estimate of drug-likeness (QED) is 0.728. The maximum atomic E-state index is 13.1. The number of aromatic nitrogens is 3. The molecule has 0 saturated carbocycles. The van der Waals surface area contributed by atoms with Crippen molar-refractivity contribution in [3.05, 3.63) is 60.0 Å². The van der Waals surface area contributed by atoms with Gasteiger partial charge in [-0.2, -0.15) is 5.10 Å². The number of aryl methyl sites for hydroxylation is 1. The summed E-state index contributed by atoms with van der Waals surface area (Å²) in [5, 5.41) is 5.31. The summed E-state index contributed by atoms with van der Waals surface area (Å²) in [7, 11) is 1.93. The number of para-hydroxylation sites is 1. The summed E-state index contributed by atoms with van der Waals surface area (Å²) >= 11 is 0. The molecule has 3 heterocycles. The fraction of sp³-hybridized carbons (Fsp3) is 0.316. The SMILES string of the molecule is Cn1nccc1C1CCCCN1C(=O)c1ccc2ccccc2n1. The highest BCUT2D eigenvalue weighted by Crippen LogP contribution is 2.31. The van der Waals surface area contributed by atoms with E-state index in [-0.39, 0.29) is 11.9 Å². The first-order valence-corrected chi connectivity index (χ1v) is 8.39. The number of hydrogen-bond donors (Lipinski definition) is 0. The zero-order valence-corrected chi connectivity index (χ0v) is 13.7. The van der Waals surface area contributed by atoms with Crippen LogP contribution in [0.25, 0.3) is 10.9 Å². The van der Waals surface area contributed by atoms with Crippen LogP contribution in [-0.4, -0.2) is 32.1 Å². The van der Waals surface area contributed by atoms with Gasteiger partial charge in [-0.25, -0.2) is 4.98 Å². The molecule has 5 nitrogen and oxygen atoms in total. The molecule has 2 aromatic heterocycles. The van der Waals surface area contributed by atoms with Crippen LogP contribution >= 0.6 is 0 Å². The van der Waals surface area contributed by atoms with Crippen LogP contribution in [-0.2, 0) is 7.05 Å². The molecule has 1 atom stereocenters. The lowest BCUT2D eigenvalue weighted by molar-refractivity contribution is 0.0595. The molecule has 1 aliphatic heterocycles. The van der Waals surface area contributed by atoms with E-state index in [1.807, 2.05) is 59.1 Å². The molecule has 1 aromatic carbocycles. The molecular formula is C19H20N4O. The molecule has 1 fully saturated rings.